The predicted molar refractivity (Wildman–Crippen MR) is 93.6 cm³/mol. The molecule has 0 spiro atoms. The Balaban J connectivity index is 1.97. The largest absolute Gasteiger partial charge is 0.280 e. The SMILES string of the molecule is Cc1nc2ccccc2c(=O)n1NC(=O)c1ccc(CS)cc1. The molecule has 0 saturated heterocycles. The van der Waals surface area contributed by atoms with Gasteiger partial charge in [0.25, 0.3) is 11.5 Å². The van der Waals surface area contributed by atoms with Crippen molar-refractivity contribution in [2.24, 2.45) is 0 Å². The number of hydrogen-bond donors (Lipinski definition) is 2. The molecule has 0 bridgehead atoms. The molecule has 0 aliphatic rings. The van der Waals surface area contributed by atoms with Crippen LogP contribution in [0.15, 0.2) is 53.3 Å². The highest BCUT2D eigenvalue weighted by Crippen LogP contribution is 2.09. The van der Waals surface area contributed by atoms with Gasteiger partial charge in [-0.05, 0) is 36.8 Å². The molecule has 1 aromatic heterocycles. The zero-order valence-electron chi connectivity index (χ0n) is 12.5. The number of benzene rings is 2. The molecule has 1 amide bonds. The molecule has 0 atom stereocenters. The van der Waals surface area contributed by atoms with E-state index in [1.807, 2.05) is 18.2 Å². The van der Waals surface area contributed by atoms with Crippen LogP contribution in [0.3, 0.4) is 0 Å². The van der Waals surface area contributed by atoms with Crippen LogP contribution in [-0.2, 0) is 5.75 Å². The van der Waals surface area contributed by atoms with Gasteiger partial charge in [0.15, 0.2) is 0 Å². The Labute approximate surface area is 138 Å². The number of aromatic nitrogens is 2. The van der Waals surface area contributed by atoms with Gasteiger partial charge in [-0.3, -0.25) is 15.0 Å². The highest BCUT2D eigenvalue weighted by molar-refractivity contribution is 7.79. The first kappa shape index (κ1) is 15.3. The lowest BCUT2D eigenvalue weighted by atomic mass is 10.1. The second-order valence-corrected chi connectivity index (χ2v) is 5.43. The third kappa shape index (κ3) is 2.98. The van der Waals surface area contributed by atoms with Crippen molar-refractivity contribution in [2.45, 2.75) is 12.7 Å². The molecule has 116 valence electrons. The topological polar surface area (TPSA) is 64.0 Å². The predicted octanol–water partition coefficient (Wildman–Crippen LogP) is 2.52. The van der Waals surface area contributed by atoms with Crippen molar-refractivity contribution in [3.05, 3.63) is 75.8 Å². The number of thiol groups is 1. The number of hydrogen-bond acceptors (Lipinski definition) is 4. The lowest BCUT2D eigenvalue weighted by molar-refractivity contribution is 0.101. The third-order valence-corrected chi connectivity index (χ3v) is 3.92. The zero-order valence-corrected chi connectivity index (χ0v) is 13.4. The van der Waals surface area contributed by atoms with Gasteiger partial charge in [-0.1, -0.05) is 24.3 Å². The van der Waals surface area contributed by atoms with Crippen molar-refractivity contribution in [3.63, 3.8) is 0 Å². The summed E-state index contributed by atoms with van der Waals surface area (Å²) in [6.45, 7) is 1.68. The van der Waals surface area contributed by atoms with Gasteiger partial charge in [-0.2, -0.15) is 12.6 Å². The second-order valence-electron chi connectivity index (χ2n) is 5.11. The smallest absolute Gasteiger partial charge is 0.267 e. The molecule has 1 heterocycles. The van der Waals surface area contributed by atoms with Crippen molar-refractivity contribution >= 4 is 29.4 Å². The monoisotopic (exact) mass is 325 g/mol. The summed E-state index contributed by atoms with van der Waals surface area (Å²) in [5.41, 5.74) is 4.41. The van der Waals surface area contributed by atoms with Crippen molar-refractivity contribution in [1.29, 1.82) is 0 Å². The molecule has 0 unspecified atom stereocenters. The minimum Gasteiger partial charge on any atom is -0.267 e. The Bertz CT molecular complexity index is 933. The number of aryl methyl sites for hydroxylation is 1. The van der Waals surface area contributed by atoms with Crippen LogP contribution in [0, 0.1) is 6.92 Å². The minimum absolute atomic E-state index is 0.298. The highest BCUT2D eigenvalue weighted by atomic mass is 32.1. The van der Waals surface area contributed by atoms with Crippen molar-refractivity contribution in [2.75, 3.05) is 5.43 Å². The maximum atomic E-state index is 12.5. The fraction of sp³-hybridized carbons (Fsp3) is 0.118. The van der Waals surface area contributed by atoms with Crippen LogP contribution in [0.1, 0.15) is 21.7 Å². The van der Waals surface area contributed by atoms with Crippen LogP contribution in [0.5, 0.6) is 0 Å². The van der Waals surface area contributed by atoms with Crippen LogP contribution >= 0.6 is 12.6 Å². The molecular weight excluding hydrogens is 310 g/mol. The molecule has 1 N–H and O–H groups in total. The number of nitrogens with one attached hydrogen (secondary N) is 1. The molecule has 0 aliphatic carbocycles. The van der Waals surface area contributed by atoms with E-state index < -0.39 is 0 Å². The number of amides is 1. The molecule has 2 aromatic carbocycles. The van der Waals surface area contributed by atoms with Gasteiger partial charge in [0.05, 0.1) is 10.9 Å². The van der Waals surface area contributed by atoms with E-state index in [0.717, 1.165) is 5.56 Å². The number of carbonyl (C=O) groups is 1. The Kier molecular flexibility index (Phi) is 4.16. The van der Waals surface area contributed by atoms with E-state index in [9.17, 15) is 9.59 Å². The first-order chi connectivity index (χ1) is 11.1. The first-order valence-electron chi connectivity index (χ1n) is 7.09. The maximum Gasteiger partial charge on any atom is 0.280 e. The molecular formula is C17H15N3O2S. The standard InChI is InChI=1S/C17H15N3O2S/c1-11-18-15-5-3-2-4-14(15)17(22)20(11)19-16(21)13-8-6-12(10-23)7-9-13/h2-9,23H,10H2,1H3,(H,19,21). The number of rotatable bonds is 3. The van der Waals surface area contributed by atoms with E-state index in [0.29, 0.717) is 28.0 Å². The second kappa shape index (κ2) is 6.26. The van der Waals surface area contributed by atoms with Crippen LogP contribution in [-0.4, -0.2) is 15.6 Å². The Morgan fingerprint density at radius 2 is 1.87 bits per heavy atom. The fourth-order valence-electron chi connectivity index (χ4n) is 2.30. The van der Waals surface area contributed by atoms with E-state index in [2.05, 4.69) is 23.0 Å². The molecule has 3 aromatic rings. The van der Waals surface area contributed by atoms with Crippen molar-refractivity contribution < 1.29 is 4.79 Å². The summed E-state index contributed by atoms with van der Waals surface area (Å²) < 4.78 is 1.18. The summed E-state index contributed by atoms with van der Waals surface area (Å²) in [5.74, 6) is 0.668. The van der Waals surface area contributed by atoms with Crippen molar-refractivity contribution in [3.8, 4) is 0 Å². The van der Waals surface area contributed by atoms with Gasteiger partial charge < -0.3 is 0 Å². The number of para-hydroxylation sites is 1. The van der Waals surface area contributed by atoms with Crippen LogP contribution in [0.4, 0.5) is 0 Å². The highest BCUT2D eigenvalue weighted by Gasteiger charge is 2.11. The molecule has 0 saturated carbocycles. The van der Waals surface area contributed by atoms with E-state index in [4.69, 9.17) is 0 Å². The lowest BCUT2D eigenvalue weighted by Crippen LogP contribution is -2.35. The first-order valence-corrected chi connectivity index (χ1v) is 7.73. The zero-order chi connectivity index (χ0) is 16.4. The van der Waals surface area contributed by atoms with Gasteiger partial charge in [0.1, 0.15) is 5.82 Å². The van der Waals surface area contributed by atoms with E-state index in [1.54, 1.807) is 37.3 Å². The molecule has 5 nitrogen and oxygen atoms in total. The average molecular weight is 325 g/mol. The van der Waals surface area contributed by atoms with Crippen LogP contribution in [0.2, 0.25) is 0 Å². The van der Waals surface area contributed by atoms with Gasteiger partial charge in [-0.25, -0.2) is 9.66 Å². The normalized spacial score (nSPS) is 10.7. The summed E-state index contributed by atoms with van der Waals surface area (Å²) in [6.07, 6.45) is 0. The maximum absolute atomic E-state index is 12.5. The molecule has 0 radical (unpaired) electrons. The molecule has 0 fully saturated rings. The number of nitrogens with zero attached hydrogens (tertiary/aromatic N) is 2. The van der Waals surface area contributed by atoms with E-state index >= 15 is 0 Å². The molecule has 3 rings (SSSR count). The van der Waals surface area contributed by atoms with Gasteiger partial charge >= 0.3 is 0 Å². The Hall–Kier alpha value is -2.60. The number of carbonyl (C=O) groups excluding carboxylic acids is 1. The fourth-order valence-corrected chi connectivity index (χ4v) is 2.51. The third-order valence-electron chi connectivity index (χ3n) is 3.56. The van der Waals surface area contributed by atoms with E-state index in [1.165, 1.54) is 4.68 Å². The molecule has 6 heteroatoms. The lowest BCUT2D eigenvalue weighted by Gasteiger charge is -2.12. The van der Waals surface area contributed by atoms with Gasteiger partial charge in [0, 0.05) is 11.3 Å². The van der Waals surface area contributed by atoms with Gasteiger partial charge in [-0.15, -0.1) is 0 Å². The average Bonchev–Trinajstić information content (AvgIpc) is 2.58. The van der Waals surface area contributed by atoms with Crippen LogP contribution in [0.25, 0.3) is 10.9 Å². The Morgan fingerprint density at radius 1 is 1.17 bits per heavy atom. The summed E-state index contributed by atoms with van der Waals surface area (Å²) in [6, 6.07) is 14.1. The molecule has 23 heavy (non-hydrogen) atoms. The number of fused-ring (bicyclic) bond motifs is 1. The summed E-state index contributed by atoms with van der Waals surface area (Å²) in [4.78, 5) is 29.2. The van der Waals surface area contributed by atoms with Crippen LogP contribution < -0.4 is 11.0 Å². The minimum atomic E-state index is -0.363. The Morgan fingerprint density at radius 3 is 2.57 bits per heavy atom. The van der Waals surface area contributed by atoms with E-state index in [-0.39, 0.29) is 11.5 Å². The molecule has 0 aliphatic heterocycles. The summed E-state index contributed by atoms with van der Waals surface area (Å²) in [5, 5.41) is 0.462. The summed E-state index contributed by atoms with van der Waals surface area (Å²) in [7, 11) is 0. The quantitative estimate of drug-likeness (QED) is 0.727. The summed E-state index contributed by atoms with van der Waals surface area (Å²) >= 11 is 4.18. The van der Waals surface area contributed by atoms with Gasteiger partial charge in [0.2, 0.25) is 0 Å². The van der Waals surface area contributed by atoms with Crippen molar-refractivity contribution in [1.82, 2.24) is 9.66 Å².